The van der Waals surface area contributed by atoms with Gasteiger partial charge in [0.15, 0.2) is 0 Å². The van der Waals surface area contributed by atoms with Crippen molar-refractivity contribution in [3.63, 3.8) is 0 Å². The smallest absolute Gasteiger partial charge is 0.224 e. The summed E-state index contributed by atoms with van der Waals surface area (Å²) in [7, 11) is 0. The Labute approximate surface area is 110 Å². The van der Waals surface area contributed by atoms with Gasteiger partial charge < -0.3 is 5.32 Å². The summed E-state index contributed by atoms with van der Waals surface area (Å²) in [6.45, 7) is 0. The van der Waals surface area contributed by atoms with Gasteiger partial charge in [-0.2, -0.15) is 0 Å². The first-order valence-corrected chi connectivity index (χ1v) is 6.77. The minimum absolute atomic E-state index is 0.00231. The van der Waals surface area contributed by atoms with E-state index in [4.69, 9.17) is 0 Å². The normalized spacial score (nSPS) is 9.94. The van der Waals surface area contributed by atoms with Crippen LogP contribution in [-0.2, 0) is 9.59 Å². The summed E-state index contributed by atoms with van der Waals surface area (Å²) < 4.78 is 0. The van der Waals surface area contributed by atoms with Crippen LogP contribution in [-0.4, -0.2) is 17.0 Å². The third kappa shape index (κ3) is 6.22. The molecule has 1 N–H and O–H groups in total. The van der Waals surface area contributed by atoms with Crippen molar-refractivity contribution in [3.05, 3.63) is 30.3 Å². The second-order valence-electron chi connectivity index (χ2n) is 3.79. The van der Waals surface area contributed by atoms with Crippen molar-refractivity contribution < 1.29 is 9.59 Å². The standard InChI is InChI=1S/C13H16BrNO2/c14-10-12(16)8-4-5-9-13(17)15-11-6-2-1-3-7-11/h1-3,6-7H,4-5,8-10H2,(H,15,17). The maximum Gasteiger partial charge on any atom is 0.224 e. The lowest BCUT2D eigenvalue weighted by atomic mass is 10.1. The number of unbranched alkanes of at least 4 members (excludes halogenated alkanes) is 1. The molecule has 0 atom stereocenters. The number of hydrogen-bond donors (Lipinski definition) is 1. The lowest BCUT2D eigenvalue weighted by molar-refractivity contribution is -0.118. The number of anilines is 1. The van der Waals surface area contributed by atoms with Gasteiger partial charge in [-0.1, -0.05) is 34.1 Å². The number of carbonyl (C=O) groups excluding carboxylic acids is 2. The number of nitrogens with one attached hydrogen (secondary N) is 1. The minimum Gasteiger partial charge on any atom is -0.326 e. The van der Waals surface area contributed by atoms with Gasteiger partial charge >= 0.3 is 0 Å². The van der Waals surface area contributed by atoms with E-state index in [1.54, 1.807) is 0 Å². The molecule has 0 aliphatic heterocycles. The molecule has 0 fully saturated rings. The third-order valence-electron chi connectivity index (χ3n) is 2.32. The van der Waals surface area contributed by atoms with E-state index in [0.717, 1.165) is 18.5 Å². The topological polar surface area (TPSA) is 46.2 Å². The van der Waals surface area contributed by atoms with Crippen LogP contribution in [0.4, 0.5) is 5.69 Å². The van der Waals surface area contributed by atoms with Crippen LogP contribution in [0, 0.1) is 0 Å². The van der Waals surface area contributed by atoms with E-state index in [2.05, 4.69) is 21.2 Å². The quantitative estimate of drug-likeness (QED) is 0.621. The molecule has 0 aliphatic carbocycles. The number of para-hydroxylation sites is 1. The second-order valence-corrected chi connectivity index (χ2v) is 4.35. The highest BCUT2D eigenvalue weighted by atomic mass is 79.9. The summed E-state index contributed by atoms with van der Waals surface area (Å²) >= 11 is 3.11. The van der Waals surface area contributed by atoms with Gasteiger partial charge in [0.2, 0.25) is 5.91 Å². The molecule has 1 rings (SSSR count). The molecule has 1 aromatic carbocycles. The second kappa shape index (κ2) is 8.01. The van der Waals surface area contributed by atoms with Crippen molar-refractivity contribution in [1.29, 1.82) is 0 Å². The summed E-state index contributed by atoms with van der Waals surface area (Å²) in [5.41, 5.74) is 0.814. The van der Waals surface area contributed by atoms with Gasteiger partial charge in [0.05, 0.1) is 5.33 Å². The Kier molecular flexibility index (Phi) is 6.55. The Hall–Kier alpha value is -1.16. The fraction of sp³-hybridized carbons (Fsp3) is 0.385. The van der Waals surface area contributed by atoms with Crippen LogP contribution in [0.3, 0.4) is 0 Å². The Bertz CT molecular complexity index is 365. The van der Waals surface area contributed by atoms with Crippen LogP contribution < -0.4 is 5.32 Å². The first-order chi connectivity index (χ1) is 8.22. The number of rotatable bonds is 7. The highest BCUT2D eigenvalue weighted by molar-refractivity contribution is 9.09. The molecular formula is C13H16BrNO2. The van der Waals surface area contributed by atoms with Crippen LogP contribution in [0.1, 0.15) is 25.7 Å². The molecule has 1 amide bonds. The molecule has 0 aliphatic rings. The van der Waals surface area contributed by atoms with Crippen LogP contribution >= 0.6 is 15.9 Å². The summed E-state index contributed by atoms with van der Waals surface area (Å²) in [6.07, 6.45) is 2.53. The molecule has 1 aromatic rings. The average molecular weight is 298 g/mol. The van der Waals surface area contributed by atoms with Crippen LogP contribution in [0.25, 0.3) is 0 Å². The largest absolute Gasteiger partial charge is 0.326 e. The van der Waals surface area contributed by atoms with Gasteiger partial charge in [-0.15, -0.1) is 0 Å². The van der Waals surface area contributed by atoms with E-state index < -0.39 is 0 Å². The van der Waals surface area contributed by atoms with Crippen molar-refractivity contribution >= 4 is 33.3 Å². The van der Waals surface area contributed by atoms with Crippen LogP contribution in [0.15, 0.2) is 30.3 Å². The zero-order valence-corrected chi connectivity index (χ0v) is 11.2. The zero-order chi connectivity index (χ0) is 12.5. The summed E-state index contributed by atoms with van der Waals surface area (Å²) in [5, 5.41) is 3.22. The molecule has 0 saturated heterocycles. The number of halogens is 1. The molecule has 0 bridgehead atoms. The van der Waals surface area contributed by atoms with Gasteiger partial charge in [-0.3, -0.25) is 9.59 Å². The zero-order valence-electron chi connectivity index (χ0n) is 9.62. The Balaban J connectivity index is 2.16. The average Bonchev–Trinajstić information content (AvgIpc) is 2.35. The van der Waals surface area contributed by atoms with Gasteiger partial charge in [0.25, 0.3) is 0 Å². The molecule has 0 aromatic heterocycles. The fourth-order valence-electron chi connectivity index (χ4n) is 1.42. The number of hydrogen-bond acceptors (Lipinski definition) is 2. The molecule has 4 heteroatoms. The molecule has 0 saturated carbocycles. The van der Waals surface area contributed by atoms with E-state index >= 15 is 0 Å². The monoisotopic (exact) mass is 297 g/mol. The lowest BCUT2D eigenvalue weighted by Crippen LogP contribution is -2.11. The minimum atomic E-state index is 0.00231. The third-order valence-corrected chi connectivity index (χ3v) is 2.94. The Morgan fingerprint density at radius 2 is 1.71 bits per heavy atom. The van der Waals surface area contributed by atoms with Crippen molar-refractivity contribution in [3.8, 4) is 0 Å². The number of benzene rings is 1. The molecular weight excluding hydrogens is 282 g/mol. The van der Waals surface area contributed by atoms with Gasteiger partial charge in [0, 0.05) is 18.5 Å². The highest BCUT2D eigenvalue weighted by Crippen LogP contribution is 2.07. The Morgan fingerprint density at radius 1 is 1.06 bits per heavy atom. The van der Waals surface area contributed by atoms with Crippen molar-refractivity contribution in [2.45, 2.75) is 25.7 Å². The summed E-state index contributed by atoms with van der Waals surface area (Å²) in [4.78, 5) is 22.5. The summed E-state index contributed by atoms with van der Waals surface area (Å²) in [6, 6.07) is 9.37. The van der Waals surface area contributed by atoms with Crippen LogP contribution in [0.5, 0.6) is 0 Å². The van der Waals surface area contributed by atoms with E-state index in [1.807, 2.05) is 30.3 Å². The van der Waals surface area contributed by atoms with E-state index in [-0.39, 0.29) is 11.7 Å². The molecule has 0 unspecified atom stereocenters. The molecule has 0 spiro atoms. The van der Waals surface area contributed by atoms with Crippen molar-refractivity contribution in [1.82, 2.24) is 0 Å². The SMILES string of the molecule is O=C(CBr)CCCCC(=O)Nc1ccccc1. The van der Waals surface area contributed by atoms with E-state index in [9.17, 15) is 9.59 Å². The fourth-order valence-corrected chi connectivity index (χ4v) is 1.70. The molecule has 0 heterocycles. The number of ketones is 1. The predicted molar refractivity (Wildman–Crippen MR) is 72.3 cm³/mol. The van der Waals surface area contributed by atoms with Gasteiger partial charge in [-0.05, 0) is 25.0 Å². The number of alkyl halides is 1. The van der Waals surface area contributed by atoms with E-state index in [1.165, 1.54) is 0 Å². The van der Waals surface area contributed by atoms with Crippen molar-refractivity contribution in [2.24, 2.45) is 0 Å². The van der Waals surface area contributed by atoms with Gasteiger partial charge in [0.1, 0.15) is 5.78 Å². The molecule has 92 valence electrons. The van der Waals surface area contributed by atoms with E-state index in [0.29, 0.717) is 18.2 Å². The van der Waals surface area contributed by atoms with Crippen LogP contribution in [0.2, 0.25) is 0 Å². The first-order valence-electron chi connectivity index (χ1n) is 5.65. The maximum absolute atomic E-state index is 11.5. The Morgan fingerprint density at radius 3 is 2.35 bits per heavy atom. The number of carbonyl (C=O) groups is 2. The highest BCUT2D eigenvalue weighted by Gasteiger charge is 2.03. The molecule has 3 nitrogen and oxygen atoms in total. The number of amides is 1. The lowest BCUT2D eigenvalue weighted by Gasteiger charge is -2.04. The summed E-state index contributed by atoms with van der Waals surface area (Å²) in [5.74, 6) is 0.191. The first kappa shape index (κ1) is 13.9. The maximum atomic E-state index is 11.5. The predicted octanol–water partition coefficient (Wildman–Crippen LogP) is 3.15. The van der Waals surface area contributed by atoms with Crippen molar-refractivity contribution in [2.75, 3.05) is 10.6 Å². The van der Waals surface area contributed by atoms with Gasteiger partial charge in [-0.25, -0.2) is 0 Å². The number of Topliss-reactive ketones (excluding diaryl/α,β-unsaturated/α-hetero) is 1. The molecule has 0 radical (unpaired) electrons. The molecule has 17 heavy (non-hydrogen) atoms.